The molecule has 126 valence electrons. The second-order valence-corrected chi connectivity index (χ2v) is 6.72. The van der Waals surface area contributed by atoms with Gasteiger partial charge >= 0.3 is 0 Å². The maximum Gasteiger partial charge on any atom is 0.251 e. The van der Waals surface area contributed by atoms with Crippen LogP contribution in [0.25, 0.3) is 0 Å². The third-order valence-electron chi connectivity index (χ3n) is 3.29. The van der Waals surface area contributed by atoms with E-state index in [0.29, 0.717) is 17.7 Å². The zero-order valence-corrected chi connectivity index (χ0v) is 14.9. The van der Waals surface area contributed by atoms with Crippen molar-refractivity contribution in [3.63, 3.8) is 0 Å². The Balaban J connectivity index is 1.71. The topological polar surface area (TPSA) is 58.2 Å². The Morgan fingerprint density at radius 2 is 1.71 bits per heavy atom. The Bertz CT molecular complexity index is 687. The molecule has 0 atom stereocenters. The Morgan fingerprint density at radius 3 is 2.33 bits per heavy atom. The molecule has 0 saturated heterocycles. The molecule has 2 amide bonds. The average molecular weight is 363 g/mol. The average Bonchev–Trinajstić information content (AvgIpc) is 2.60. The van der Waals surface area contributed by atoms with E-state index in [2.05, 4.69) is 10.6 Å². The molecule has 0 saturated carbocycles. The van der Waals surface area contributed by atoms with Gasteiger partial charge in [-0.3, -0.25) is 9.59 Å². The number of benzene rings is 2. The molecular formula is C18H19ClN2O2S. The van der Waals surface area contributed by atoms with Crippen molar-refractivity contribution in [1.29, 1.82) is 0 Å². The highest BCUT2D eigenvalue weighted by atomic mass is 35.5. The summed E-state index contributed by atoms with van der Waals surface area (Å²) >= 11 is 7.54. The number of carbonyl (C=O) groups is 2. The highest BCUT2D eigenvalue weighted by Crippen LogP contribution is 2.21. The summed E-state index contributed by atoms with van der Waals surface area (Å²) in [6.07, 6.45) is 1.24. The monoisotopic (exact) mass is 362 g/mol. The van der Waals surface area contributed by atoms with Gasteiger partial charge in [-0.25, -0.2) is 0 Å². The Hall–Kier alpha value is -1.98. The summed E-state index contributed by atoms with van der Waals surface area (Å²) in [4.78, 5) is 24.5. The molecule has 0 aliphatic rings. The molecule has 24 heavy (non-hydrogen) atoms. The molecule has 4 nitrogen and oxygen atoms in total. The zero-order chi connectivity index (χ0) is 17.4. The quantitative estimate of drug-likeness (QED) is 0.573. The second-order valence-electron chi connectivity index (χ2n) is 5.11. The van der Waals surface area contributed by atoms with Crippen LogP contribution in [0, 0.1) is 0 Å². The lowest BCUT2D eigenvalue weighted by Crippen LogP contribution is -2.17. The summed E-state index contributed by atoms with van der Waals surface area (Å²) in [6.45, 7) is 0. The number of nitrogens with one attached hydrogen (secondary N) is 2. The summed E-state index contributed by atoms with van der Waals surface area (Å²) in [7, 11) is 1.58. The molecule has 0 unspecified atom stereocenters. The first-order valence-corrected chi connectivity index (χ1v) is 8.95. The van der Waals surface area contributed by atoms with E-state index in [9.17, 15) is 9.59 Å². The van der Waals surface area contributed by atoms with Gasteiger partial charge in [0.2, 0.25) is 5.91 Å². The van der Waals surface area contributed by atoms with Gasteiger partial charge in [0.05, 0.1) is 0 Å². The van der Waals surface area contributed by atoms with Crippen LogP contribution < -0.4 is 10.6 Å². The van der Waals surface area contributed by atoms with Crippen LogP contribution in [-0.4, -0.2) is 24.6 Å². The standard InChI is InChI=1S/C18H19ClN2O2S/c1-20-18(23)13-4-8-15(9-5-13)21-17(22)3-2-12-24-16-10-6-14(19)7-11-16/h4-11H,2-3,12H2,1H3,(H,20,23)(H,21,22). The van der Waals surface area contributed by atoms with Crippen LogP contribution >= 0.6 is 23.4 Å². The molecule has 2 N–H and O–H groups in total. The third-order valence-corrected chi connectivity index (χ3v) is 4.64. The van der Waals surface area contributed by atoms with Crippen molar-refractivity contribution in [2.75, 3.05) is 18.1 Å². The lowest BCUT2D eigenvalue weighted by Gasteiger charge is -2.06. The summed E-state index contributed by atoms with van der Waals surface area (Å²) in [5, 5.41) is 6.11. The molecule has 2 aromatic carbocycles. The van der Waals surface area contributed by atoms with Gasteiger partial charge in [0.15, 0.2) is 0 Å². The predicted molar refractivity (Wildman–Crippen MR) is 99.9 cm³/mol. The fraction of sp³-hybridized carbons (Fsp3) is 0.222. The number of hydrogen-bond acceptors (Lipinski definition) is 3. The van der Waals surface area contributed by atoms with E-state index in [-0.39, 0.29) is 11.8 Å². The van der Waals surface area contributed by atoms with E-state index < -0.39 is 0 Å². The summed E-state index contributed by atoms with van der Waals surface area (Å²) in [5.41, 5.74) is 1.26. The number of thioether (sulfide) groups is 1. The van der Waals surface area contributed by atoms with E-state index in [1.807, 2.05) is 24.3 Å². The van der Waals surface area contributed by atoms with Crippen molar-refractivity contribution in [1.82, 2.24) is 5.32 Å². The molecule has 2 rings (SSSR count). The zero-order valence-electron chi connectivity index (χ0n) is 13.3. The molecule has 6 heteroatoms. The van der Waals surface area contributed by atoms with E-state index in [0.717, 1.165) is 22.1 Å². The van der Waals surface area contributed by atoms with Crippen molar-refractivity contribution in [3.05, 3.63) is 59.1 Å². The summed E-state index contributed by atoms with van der Waals surface area (Å²) in [6, 6.07) is 14.5. The lowest BCUT2D eigenvalue weighted by atomic mass is 10.2. The maximum atomic E-state index is 11.9. The third kappa shape index (κ3) is 5.91. The number of halogens is 1. The largest absolute Gasteiger partial charge is 0.355 e. The minimum absolute atomic E-state index is 0.0283. The van der Waals surface area contributed by atoms with Crippen LogP contribution in [-0.2, 0) is 4.79 Å². The normalized spacial score (nSPS) is 10.2. The van der Waals surface area contributed by atoms with Gasteiger partial charge in [-0.1, -0.05) is 11.6 Å². The van der Waals surface area contributed by atoms with E-state index in [1.54, 1.807) is 43.1 Å². The van der Waals surface area contributed by atoms with Crippen molar-refractivity contribution >= 4 is 40.9 Å². The first-order chi connectivity index (χ1) is 11.6. The first-order valence-electron chi connectivity index (χ1n) is 7.59. The van der Waals surface area contributed by atoms with E-state index in [4.69, 9.17) is 11.6 Å². The fourth-order valence-corrected chi connectivity index (χ4v) is 3.01. The van der Waals surface area contributed by atoms with Gasteiger partial charge in [0, 0.05) is 34.6 Å². The van der Waals surface area contributed by atoms with Crippen molar-refractivity contribution in [2.24, 2.45) is 0 Å². The molecule has 0 fully saturated rings. The number of rotatable bonds is 7. The van der Waals surface area contributed by atoms with Gasteiger partial charge in [0.25, 0.3) is 5.91 Å². The highest BCUT2D eigenvalue weighted by Gasteiger charge is 2.05. The van der Waals surface area contributed by atoms with E-state index >= 15 is 0 Å². The van der Waals surface area contributed by atoms with Crippen LogP contribution in [0.15, 0.2) is 53.4 Å². The van der Waals surface area contributed by atoms with E-state index in [1.165, 1.54) is 0 Å². The fourth-order valence-electron chi connectivity index (χ4n) is 2.03. The summed E-state index contributed by atoms with van der Waals surface area (Å²) in [5.74, 6) is 0.691. The van der Waals surface area contributed by atoms with Gasteiger partial charge in [-0.2, -0.15) is 0 Å². The van der Waals surface area contributed by atoms with Gasteiger partial charge in [-0.05, 0) is 60.7 Å². The van der Waals surface area contributed by atoms with Crippen LogP contribution in [0.5, 0.6) is 0 Å². The molecule has 0 aromatic heterocycles. The number of carbonyl (C=O) groups excluding carboxylic acids is 2. The molecule has 0 radical (unpaired) electrons. The second kappa shape index (κ2) is 9.35. The Morgan fingerprint density at radius 1 is 1.04 bits per heavy atom. The molecule has 0 aliphatic carbocycles. The maximum absolute atomic E-state index is 11.9. The van der Waals surface area contributed by atoms with Gasteiger partial charge in [0.1, 0.15) is 0 Å². The van der Waals surface area contributed by atoms with Crippen LogP contribution in [0.2, 0.25) is 5.02 Å². The van der Waals surface area contributed by atoms with Crippen molar-refractivity contribution in [3.8, 4) is 0 Å². The van der Waals surface area contributed by atoms with Crippen LogP contribution in [0.4, 0.5) is 5.69 Å². The minimum Gasteiger partial charge on any atom is -0.355 e. The molecular weight excluding hydrogens is 344 g/mol. The Labute approximate surface area is 151 Å². The minimum atomic E-state index is -0.146. The van der Waals surface area contributed by atoms with Crippen molar-refractivity contribution < 1.29 is 9.59 Å². The summed E-state index contributed by atoms with van der Waals surface area (Å²) < 4.78 is 0. The number of amides is 2. The smallest absolute Gasteiger partial charge is 0.251 e. The highest BCUT2D eigenvalue weighted by molar-refractivity contribution is 7.99. The molecule has 2 aromatic rings. The predicted octanol–water partition coefficient (Wildman–Crippen LogP) is 4.21. The van der Waals surface area contributed by atoms with Gasteiger partial charge in [-0.15, -0.1) is 11.8 Å². The SMILES string of the molecule is CNC(=O)c1ccc(NC(=O)CCCSc2ccc(Cl)cc2)cc1. The first kappa shape index (κ1) is 18.4. The molecule has 0 heterocycles. The molecule has 0 aliphatic heterocycles. The Kier molecular flexibility index (Phi) is 7.15. The number of anilines is 1. The molecule has 0 bridgehead atoms. The lowest BCUT2D eigenvalue weighted by molar-refractivity contribution is -0.116. The van der Waals surface area contributed by atoms with Gasteiger partial charge < -0.3 is 10.6 Å². The van der Waals surface area contributed by atoms with Crippen LogP contribution in [0.3, 0.4) is 0 Å². The van der Waals surface area contributed by atoms with Crippen LogP contribution in [0.1, 0.15) is 23.2 Å². The number of hydrogen-bond donors (Lipinski definition) is 2. The molecule has 0 spiro atoms. The van der Waals surface area contributed by atoms with Crippen molar-refractivity contribution in [2.45, 2.75) is 17.7 Å².